The highest BCUT2D eigenvalue weighted by Gasteiger charge is 2.33. The summed E-state index contributed by atoms with van der Waals surface area (Å²) in [6.45, 7) is 1.53. The van der Waals surface area contributed by atoms with Crippen LogP contribution in [0.2, 0.25) is 0 Å². The van der Waals surface area contributed by atoms with Gasteiger partial charge in [0.2, 0.25) is 0 Å². The van der Waals surface area contributed by atoms with Gasteiger partial charge >= 0.3 is 6.18 Å². The summed E-state index contributed by atoms with van der Waals surface area (Å²) in [4.78, 5) is 0. The standard InChI is InChI=1S/C9H10F3N.ClH/c1-6(13)7-4-2-3-5-8(7)9(10,11)12;/h2-6H,13H2,1H3;1H/t6-;/m0./s1. The van der Waals surface area contributed by atoms with E-state index in [2.05, 4.69) is 0 Å². The predicted octanol–water partition coefficient (Wildman–Crippen LogP) is 3.15. The Hall–Kier alpha value is -0.740. The molecule has 80 valence electrons. The van der Waals surface area contributed by atoms with E-state index in [1.165, 1.54) is 19.1 Å². The van der Waals surface area contributed by atoms with Crippen LogP contribution in [0.4, 0.5) is 13.2 Å². The summed E-state index contributed by atoms with van der Waals surface area (Å²) in [5.41, 5.74) is 4.90. The summed E-state index contributed by atoms with van der Waals surface area (Å²) in [5.74, 6) is 0. The highest BCUT2D eigenvalue weighted by atomic mass is 35.5. The summed E-state index contributed by atoms with van der Waals surface area (Å²) in [6, 6.07) is 4.74. The van der Waals surface area contributed by atoms with Crippen molar-refractivity contribution in [3.63, 3.8) is 0 Å². The normalized spacial score (nSPS) is 13.2. The molecule has 0 heterocycles. The number of alkyl halides is 3. The molecule has 1 aromatic carbocycles. The van der Waals surface area contributed by atoms with E-state index >= 15 is 0 Å². The molecule has 0 fully saturated rings. The van der Waals surface area contributed by atoms with Gasteiger partial charge in [-0.15, -0.1) is 12.4 Å². The summed E-state index contributed by atoms with van der Waals surface area (Å²) in [7, 11) is 0. The molecule has 1 atom stereocenters. The number of benzene rings is 1. The molecule has 1 rings (SSSR count). The molecule has 0 aromatic heterocycles. The lowest BCUT2D eigenvalue weighted by atomic mass is 10.0. The number of halogens is 4. The van der Waals surface area contributed by atoms with Crippen LogP contribution < -0.4 is 5.73 Å². The van der Waals surface area contributed by atoms with Gasteiger partial charge in [-0.25, -0.2) is 0 Å². The Kier molecular flexibility index (Phi) is 4.42. The maximum atomic E-state index is 12.4. The van der Waals surface area contributed by atoms with Crippen molar-refractivity contribution < 1.29 is 13.2 Å². The third-order valence-corrected chi connectivity index (χ3v) is 1.76. The molecule has 1 aromatic rings. The average Bonchev–Trinajstić information content (AvgIpc) is 2.03. The lowest BCUT2D eigenvalue weighted by molar-refractivity contribution is -0.138. The lowest BCUT2D eigenvalue weighted by Crippen LogP contribution is -2.14. The zero-order valence-corrected chi connectivity index (χ0v) is 8.32. The first kappa shape index (κ1) is 13.3. The van der Waals surface area contributed by atoms with Gasteiger partial charge < -0.3 is 5.73 Å². The fourth-order valence-electron chi connectivity index (χ4n) is 1.15. The Bertz CT molecular complexity index is 296. The van der Waals surface area contributed by atoms with Crippen molar-refractivity contribution in [3.05, 3.63) is 35.4 Å². The molecule has 0 saturated heterocycles. The van der Waals surface area contributed by atoms with Crippen molar-refractivity contribution in [2.75, 3.05) is 0 Å². The monoisotopic (exact) mass is 225 g/mol. The van der Waals surface area contributed by atoms with Crippen molar-refractivity contribution in [2.45, 2.75) is 19.1 Å². The molecule has 1 nitrogen and oxygen atoms in total. The molecule has 0 bridgehead atoms. The van der Waals surface area contributed by atoms with E-state index in [9.17, 15) is 13.2 Å². The highest BCUT2D eigenvalue weighted by Crippen LogP contribution is 2.33. The number of rotatable bonds is 1. The lowest BCUT2D eigenvalue weighted by Gasteiger charge is -2.14. The van der Waals surface area contributed by atoms with E-state index in [1.807, 2.05) is 0 Å². The SMILES string of the molecule is C[C@H](N)c1ccccc1C(F)(F)F.Cl. The van der Waals surface area contributed by atoms with Gasteiger partial charge in [0.05, 0.1) is 5.56 Å². The Morgan fingerprint density at radius 2 is 1.71 bits per heavy atom. The number of hydrogen-bond acceptors (Lipinski definition) is 1. The second kappa shape index (κ2) is 4.66. The van der Waals surface area contributed by atoms with Crippen LogP contribution in [0.15, 0.2) is 24.3 Å². The summed E-state index contributed by atoms with van der Waals surface area (Å²) < 4.78 is 37.1. The molecular formula is C9H11ClF3N. The largest absolute Gasteiger partial charge is 0.416 e. The van der Waals surface area contributed by atoms with Gasteiger partial charge in [0.15, 0.2) is 0 Å². The molecule has 0 aliphatic rings. The fraction of sp³-hybridized carbons (Fsp3) is 0.333. The predicted molar refractivity (Wildman–Crippen MR) is 51.3 cm³/mol. The van der Waals surface area contributed by atoms with Gasteiger partial charge in [0, 0.05) is 6.04 Å². The van der Waals surface area contributed by atoms with Crippen LogP contribution in [-0.2, 0) is 6.18 Å². The zero-order valence-electron chi connectivity index (χ0n) is 7.51. The zero-order chi connectivity index (χ0) is 10.1. The van der Waals surface area contributed by atoms with Gasteiger partial charge in [0.25, 0.3) is 0 Å². The summed E-state index contributed by atoms with van der Waals surface area (Å²) >= 11 is 0. The Morgan fingerprint density at radius 1 is 1.21 bits per heavy atom. The molecule has 14 heavy (non-hydrogen) atoms. The van der Waals surface area contributed by atoms with Gasteiger partial charge in [-0.05, 0) is 18.6 Å². The molecule has 0 amide bonds. The number of nitrogens with two attached hydrogens (primary N) is 1. The quantitative estimate of drug-likeness (QED) is 0.781. The molecule has 0 unspecified atom stereocenters. The molecule has 5 heteroatoms. The Morgan fingerprint density at radius 3 is 2.07 bits per heavy atom. The van der Waals surface area contributed by atoms with E-state index in [4.69, 9.17) is 5.73 Å². The topological polar surface area (TPSA) is 26.0 Å². The van der Waals surface area contributed by atoms with Crippen LogP contribution >= 0.6 is 12.4 Å². The van der Waals surface area contributed by atoms with E-state index in [0.717, 1.165) is 6.07 Å². The minimum absolute atomic E-state index is 0. The second-order valence-electron chi connectivity index (χ2n) is 2.87. The van der Waals surface area contributed by atoms with Gasteiger partial charge in [0.1, 0.15) is 0 Å². The maximum absolute atomic E-state index is 12.4. The van der Waals surface area contributed by atoms with Crippen LogP contribution in [0.1, 0.15) is 24.1 Å². The average molecular weight is 226 g/mol. The fourth-order valence-corrected chi connectivity index (χ4v) is 1.15. The number of hydrogen-bond donors (Lipinski definition) is 1. The minimum Gasteiger partial charge on any atom is -0.324 e. The highest BCUT2D eigenvalue weighted by molar-refractivity contribution is 5.85. The first-order valence-corrected chi connectivity index (χ1v) is 3.84. The molecule has 0 aliphatic heterocycles. The van der Waals surface area contributed by atoms with Crippen LogP contribution in [0.5, 0.6) is 0 Å². The summed E-state index contributed by atoms with van der Waals surface area (Å²) in [5, 5.41) is 0. The van der Waals surface area contributed by atoms with Gasteiger partial charge in [-0.2, -0.15) is 13.2 Å². The molecule has 2 N–H and O–H groups in total. The Balaban J connectivity index is 0.00000169. The molecule has 0 saturated carbocycles. The van der Waals surface area contributed by atoms with Crippen LogP contribution in [0.3, 0.4) is 0 Å². The van der Waals surface area contributed by atoms with Crippen molar-refractivity contribution in [1.82, 2.24) is 0 Å². The van der Waals surface area contributed by atoms with E-state index < -0.39 is 17.8 Å². The third kappa shape index (κ3) is 2.89. The first-order chi connectivity index (χ1) is 5.93. The first-order valence-electron chi connectivity index (χ1n) is 3.84. The van der Waals surface area contributed by atoms with Crippen molar-refractivity contribution in [3.8, 4) is 0 Å². The molecule has 0 aliphatic carbocycles. The Labute approximate surface area is 86.5 Å². The van der Waals surface area contributed by atoms with Crippen molar-refractivity contribution in [2.24, 2.45) is 5.73 Å². The maximum Gasteiger partial charge on any atom is 0.416 e. The van der Waals surface area contributed by atoms with E-state index in [1.54, 1.807) is 6.07 Å². The molecular weight excluding hydrogens is 215 g/mol. The summed E-state index contributed by atoms with van der Waals surface area (Å²) in [6.07, 6.45) is -4.32. The van der Waals surface area contributed by atoms with Crippen LogP contribution in [-0.4, -0.2) is 0 Å². The van der Waals surface area contributed by atoms with Crippen LogP contribution in [0.25, 0.3) is 0 Å². The molecule has 0 spiro atoms. The third-order valence-electron chi connectivity index (χ3n) is 1.76. The van der Waals surface area contributed by atoms with Crippen LogP contribution in [0, 0.1) is 0 Å². The van der Waals surface area contributed by atoms with Gasteiger partial charge in [-0.1, -0.05) is 18.2 Å². The van der Waals surface area contributed by atoms with E-state index in [-0.39, 0.29) is 18.0 Å². The second-order valence-corrected chi connectivity index (χ2v) is 2.87. The van der Waals surface area contributed by atoms with Crippen molar-refractivity contribution >= 4 is 12.4 Å². The minimum atomic E-state index is -4.32. The molecule has 0 radical (unpaired) electrons. The smallest absolute Gasteiger partial charge is 0.324 e. The van der Waals surface area contributed by atoms with Gasteiger partial charge in [-0.3, -0.25) is 0 Å². The van der Waals surface area contributed by atoms with E-state index in [0.29, 0.717) is 0 Å². The van der Waals surface area contributed by atoms with Crippen molar-refractivity contribution in [1.29, 1.82) is 0 Å².